The molecular formula is C26H29NO4. The van der Waals surface area contributed by atoms with Gasteiger partial charge in [0.25, 0.3) is 0 Å². The van der Waals surface area contributed by atoms with Crippen LogP contribution >= 0.6 is 0 Å². The van der Waals surface area contributed by atoms with Crippen LogP contribution in [0.1, 0.15) is 66.7 Å². The Labute approximate surface area is 183 Å². The molecule has 1 aliphatic carbocycles. The second-order valence-corrected chi connectivity index (χ2v) is 8.59. The summed E-state index contributed by atoms with van der Waals surface area (Å²) in [4.78, 5) is 15.7. The minimum absolute atomic E-state index is 0.118. The number of carboxylic acids is 1. The normalized spacial score (nSPS) is 15.3. The van der Waals surface area contributed by atoms with Gasteiger partial charge in [0.15, 0.2) is 0 Å². The number of fused-ring (bicyclic) bond motifs is 1. The summed E-state index contributed by atoms with van der Waals surface area (Å²) >= 11 is 0. The molecule has 0 aliphatic heterocycles. The third-order valence-corrected chi connectivity index (χ3v) is 6.06. The zero-order valence-electron chi connectivity index (χ0n) is 18.4. The molecule has 2 aromatic carbocycles. The van der Waals surface area contributed by atoms with Gasteiger partial charge in [-0.05, 0) is 72.6 Å². The highest BCUT2D eigenvalue weighted by atomic mass is 16.5. The van der Waals surface area contributed by atoms with Gasteiger partial charge in [-0.25, -0.2) is 4.98 Å². The van der Waals surface area contributed by atoms with Crippen molar-refractivity contribution >= 4 is 5.97 Å². The lowest BCUT2D eigenvalue weighted by Crippen LogP contribution is -2.04. The highest BCUT2D eigenvalue weighted by Gasteiger charge is 2.25. The predicted octanol–water partition coefficient (Wildman–Crippen LogP) is 5.90. The standard InChI is InChI=1S/C26H29NO4/c1-16(2)18-4-6-19(7-5-18)26-27-24(17(3)31-26)12-13-30-22-10-11-23-20(14-22)8-9-21(23)15-25(28)29/h4-7,10-11,14,16,21H,8-9,12-13,15H2,1-3H3,(H,28,29). The Kier molecular flexibility index (Phi) is 6.12. The molecule has 1 aliphatic rings. The highest BCUT2D eigenvalue weighted by Crippen LogP contribution is 2.37. The lowest BCUT2D eigenvalue weighted by molar-refractivity contribution is -0.137. The number of aliphatic carboxylic acids is 1. The number of benzene rings is 2. The Morgan fingerprint density at radius 1 is 1.23 bits per heavy atom. The highest BCUT2D eigenvalue weighted by molar-refractivity contribution is 5.68. The summed E-state index contributed by atoms with van der Waals surface area (Å²) in [6.45, 7) is 6.80. The molecule has 0 fully saturated rings. The van der Waals surface area contributed by atoms with Crippen molar-refractivity contribution in [2.24, 2.45) is 0 Å². The lowest BCUT2D eigenvalue weighted by Gasteiger charge is -2.10. The Hall–Kier alpha value is -3.08. The first kappa shape index (κ1) is 21.2. The van der Waals surface area contributed by atoms with Gasteiger partial charge in [-0.3, -0.25) is 4.79 Å². The zero-order chi connectivity index (χ0) is 22.0. The van der Waals surface area contributed by atoms with Crippen LogP contribution in [0.5, 0.6) is 5.75 Å². The van der Waals surface area contributed by atoms with Crippen molar-refractivity contribution in [2.75, 3.05) is 6.61 Å². The maximum Gasteiger partial charge on any atom is 0.303 e. The number of aryl methyl sites for hydroxylation is 2. The summed E-state index contributed by atoms with van der Waals surface area (Å²) in [6.07, 6.45) is 2.66. The smallest absolute Gasteiger partial charge is 0.303 e. The van der Waals surface area contributed by atoms with E-state index < -0.39 is 5.97 Å². The molecule has 1 atom stereocenters. The van der Waals surface area contributed by atoms with Crippen LogP contribution in [0.3, 0.4) is 0 Å². The Balaban J connectivity index is 1.37. The largest absolute Gasteiger partial charge is 0.493 e. The topological polar surface area (TPSA) is 72.6 Å². The van der Waals surface area contributed by atoms with Gasteiger partial charge in [0.05, 0.1) is 18.7 Å². The van der Waals surface area contributed by atoms with E-state index in [9.17, 15) is 4.79 Å². The van der Waals surface area contributed by atoms with Crippen molar-refractivity contribution in [1.82, 2.24) is 4.98 Å². The van der Waals surface area contributed by atoms with E-state index in [2.05, 4.69) is 49.2 Å². The van der Waals surface area contributed by atoms with Crippen LogP contribution in [0.2, 0.25) is 0 Å². The van der Waals surface area contributed by atoms with Gasteiger partial charge in [0.2, 0.25) is 5.89 Å². The van der Waals surface area contributed by atoms with Crippen LogP contribution in [-0.4, -0.2) is 22.7 Å². The first-order valence-corrected chi connectivity index (χ1v) is 10.9. The van der Waals surface area contributed by atoms with Crippen LogP contribution in [0.4, 0.5) is 0 Å². The molecule has 1 unspecified atom stereocenters. The third-order valence-electron chi connectivity index (χ3n) is 6.06. The number of aromatic nitrogens is 1. The summed E-state index contributed by atoms with van der Waals surface area (Å²) in [5.41, 5.74) is 5.54. The van der Waals surface area contributed by atoms with E-state index in [0.29, 0.717) is 24.8 Å². The van der Waals surface area contributed by atoms with Crippen molar-refractivity contribution in [3.8, 4) is 17.2 Å². The molecule has 5 nitrogen and oxygen atoms in total. The molecule has 0 spiro atoms. The van der Waals surface area contributed by atoms with E-state index in [1.165, 1.54) is 11.1 Å². The molecule has 4 rings (SSSR count). The number of ether oxygens (including phenoxy) is 1. The summed E-state index contributed by atoms with van der Waals surface area (Å²) in [5, 5.41) is 9.07. The fraction of sp³-hybridized carbons (Fsp3) is 0.385. The molecule has 1 N–H and O–H groups in total. The SMILES string of the molecule is Cc1oc(-c2ccc(C(C)C)cc2)nc1CCOc1ccc2c(c1)CCC2CC(=O)O. The van der Waals surface area contributed by atoms with Gasteiger partial charge in [-0.2, -0.15) is 0 Å². The van der Waals surface area contributed by atoms with E-state index >= 15 is 0 Å². The molecule has 1 heterocycles. The summed E-state index contributed by atoms with van der Waals surface area (Å²) < 4.78 is 11.9. The van der Waals surface area contributed by atoms with E-state index in [0.717, 1.165) is 41.2 Å². The molecule has 162 valence electrons. The maximum atomic E-state index is 11.0. The maximum absolute atomic E-state index is 11.0. The van der Waals surface area contributed by atoms with Gasteiger partial charge in [-0.1, -0.05) is 32.0 Å². The molecular weight excluding hydrogens is 390 g/mol. The molecule has 0 bridgehead atoms. The first-order valence-electron chi connectivity index (χ1n) is 10.9. The number of nitrogens with zero attached hydrogens (tertiary/aromatic N) is 1. The molecule has 1 aromatic heterocycles. The average molecular weight is 420 g/mol. The third kappa shape index (κ3) is 4.82. The average Bonchev–Trinajstić information content (AvgIpc) is 3.31. The van der Waals surface area contributed by atoms with Crippen molar-refractivity contribution < 1.29 is 19.1 Å². The number of hydrogen-bond donors (Lipinski definition) is 1. The van der Waals surface area contributed by atoms with Gasteiger partial charge in [-0.15, -0.1) is 0 Å². The quantitative estimate of drug-likeness (QED) is 0.492. The summed E-state index contributed by atoms with van der Waals surface area (Å²) in [6, 6.07) is 14.4. The van der Waals surface area contributed by atoms with E-state index in [1.807, 2.05) is 19.1 Å². The number of hydrogen-bond acceptors (Lipinski definition) is 4. The summed E-state index contributed by atoms with van der Waals surface area (Å²) in [5.74, 6) is 2.15. The molecule has 0 saturated carbocycles. The van der Waals surface area contributed by atoms with Crippen molar-refractivity contribution in [3.05, 3.63) is 70.6 Å². The van der Waals surface area contributed by atoms with E-state index in [-0.39, 0.29) is 12.3 Å². The number of rotatable bonds is 8. The van der Waals surface area contributed by atoms with Crippen LogP contribution in [0.15, 0.2) is 46.9 Å². The molecule has 0 amide bonds. The Morgan fingerprint density at radius 3 is 2.71 bits per heavy atom. The van der Waals surface area contributed by atoms with Gasteiger partial charge >= 0.3 is 5.97 Å². The number of carboxylic acid groups (broad SMARTS) is 1. The zero-order valence-corrected chi connectivity index (χ0v) is 18.4. The van der Waals surface area contributed by atoms with Gasteiger partial charge in [0.1, 0.15) is 11.5 Å². The summed E-state index contributed by atoms with van der Waals surface area (Å²) in [7, 11) is 0. The monoisotopic (exact) mass is 419 g/mol. The molecule has 31 heavy (non-hydrogen) atoms. The Morgan fingerprint density at radius 2 is 2.00 bits per heavy atom. The van der Waals surface area contributed by atoms with Crippen LogP contribution in [-0.2, 0) is 17.6 Å². The predicted molar refractivity (Wildman–Crippen MR) is 120 cm³/mol. The van der Waals surface area contributed by atoms with Gasteiger partial charge in [0, 0.05) is 12.0 Å². The Bertz CT molecular complexity index is 1070. The number of carbonyl (C=O) groups is 1. The van der Waals surface area contributed by atoms with Crippen LogP contribution in [0, 0.1) is 6.92 Å². The van der Waals surface area contributed by atoms with Crippen LogP contribution < -0.4 is 4.74 Å². The fourth-order valence-corrected chi connectivity index (χ4v) is 4.25. The molecule has 0 saturated heterocycles. The van der Waals surface area contributed by atoms with E-state index in [4.69, 9.17) is 14.3 Å². The second-order valence-electron chi connectivity index (χ2n) is 8.59. The lowest BCUT2D eigenvalue weighted by atomic mass is 9.98. The molecule has 5 heteroatoms. The number of oxazole rings is 1. The second kappa shape index (κ2) is 8.96. The minimum Gasteiger partial charge on any atom is -0.493 e. The van der Waals surface area contributed by atoms with Crippen molar-refractivity contribution in [1.29, 1.82) is 0 Å². The first-order chi connectivity index (χ1) is 14.9. The fourth-order valence-electron chi connectivity index (χ4n) is 4.25. The van der Waals surface area contributed by atoms with E-state index in [1.54, 1.807) is 0 Å². The van der Waals surface area contributed by atoms with Gasteiger partial charge < -0.3 is 14.3 Å². The molecule has 0 radical (unpaired) electrons. The van der Waals surface area contributed by atoms with Crippen molar-refractivity contribution in [3.63, 3.8) is 0 Å². The minimum atomic E-state index is -0.739. The molecule has 3 aromatic rings. The van der Waals surface area contributed by atoms with Crippen molar-refractivity contribution in [2.45, 2.75) is 58.3 Å². The van der Waals surface area contributed by atoms with Crippen LogP contribution in [0.25, 0.3) is 11.5 Å².